The quantitative estimate of drug-likeness (QED) is 0.879. The fourth-order valence-electron chi connectivity index (χ4n) is 1.80. The highest BCUT2D eigenvalue weighted by Crippen LogP contribution is 2.25. The summed E-state index contributed by atoms with van der Waals surface area (Å²) in [6.45, 7) is 1.76. The molecule has 2 rings (SSSR count). The zero-order chi connectivity index (χ0) is 14.0. The van der Waals surface area contributed by atoms with Crippen LogP contribution in [0.4, 0.5) is 10.1 Å². The Balaban J connectivity index is 2.38. The first-order valence-corrected chi connectivity index (χ1v) is 7.37. The Bertz CT molecular complexity index is 694. The third-order valence-electron chi connectivity index (χ3n) is 2.89. The van der Waals surface area contributed by atoms with E-state index in [-0.39, 0.29) is 16.3 Å². The molecule has 0 saturated heterocycles. The fourth-order valence-corrected chi connectivity index (χ4v) is 3.37. The largest absolute Gasteiger partial charge is 0.397 e. The highest BCUT2D eigenvalue weighted by atomic mass is 32.2. The number of rotatable bonds is 3. The van der Waals surface area contributed by atoms with Crippen LogP contribution < -0.4 is 5.73 Å². The lowest BCUT2D eigenvalue weighted by molar-refractivity contribution is 0.595. The standard InChI is InChI=1S/C14H14FNO2S/c1-10-3-2-4-13(14(10)16)19(17,18)9-11-5-7-12(15)8-6-11/h2-8H,9,16H2,1H3. The van der Waals surface area contributed by atoms with Gasteiger partial charge in [0.15, 0.2) is 9.84 Å². The molecule has 0 fully saturated rings. The number of nitrogen functional groups attached to an aromatic ring is 1. The third-order valence-corrected chi connectivity index (χ3v) is 4.63. The van der Waals surface area contributed by atoms with Crippen molar-refractivity contribution in [2.45, 2.75) is 17.6 Å². The normalized spacial score (nSPS) is 11.5. The second-order valence-corrected chi connectivity index (χ2v) is 6.33. The average Bonchev–Trinajstić information content (AvgIpc) is 2.35. The Labute approximate surface area is 111 Å². The van der Waals surface area contributed by atoms with Crippen LogP contribution in [0.2, 0.25) is 0 Å². The van der Waals surface area contributed by atoms with Crippen molar-refractivity contribution in [2.75, 3.05) is 5.73 Å². The van der Waals surface area contributed by atoms with Gasteiger partial charge < -0.3 is 5.73 Å². The molecule has 2 N–H and O–H groups in total. The van der Waals surface area contributed by atoms with Gasteiger partial charge in [0.25, 0.3) is 0 Å². The van der Waals surface area contributed by atoms with E-state index in [2.05, 4.69) is 0 Å². The molecule has 100 valence electrons. The van der Waals surface area contributed by atoms with Crippen LogP contribution >= 0.6 is 0 Å². The Morgan fingerprint density at radius 3 is 2.37 bits per heavy atom. The number of anilines is 1. The van der Waals surface area contributed by atoms with E-state index in [1.54, 1.807) is 19.1 Å². The number of aryl methyl sites for hydroxylation is 1. The number of nitrogens with two attached hydrogens (primary N) is 1. The molecule has 0 bridgehead atoms. The predicted molar refractivity (Wildman–Crippen MR) is 72.9 cm³/mol. The van der Waals surface area contributed by atoms with Crippen LogP contribution in [-0.4, -0.2) is 8.42 Å². The molecule has 0 unspecified atom stereocenters. The lowest BCUT2D eigenvalue weighted by atomic mass is 10.2. The minimum absolute atomic E-state index is 0.122. The number of sulfone groups is 1. The molecule has 19 heavy (non-hydrogen) atoms. The number of para-hydroxylation sites is 1. The molecule has 0 atom stereocenters. The van der Waals surface area contributed by atoms with Crippen LogP contribution in [0.15, 0.2) is 47.4 Å². The Morgan fingerprint density at radius 2 is 1.74 bits per heavy atom. The molecule has 2 aromatic rings. The van der Waals surface area contributed by atoms with Crippen molar-refractivity contribution >= 4 is 15.5 Å². The van der Waals surface area contributed by atoms with Crippen molar-refractivity contribution in [1.82, 2.24) is 0 Å². The molecule has 5 heteroatoms. The van der Waals surface area contributed by atoms with E-state index < -0.39 is 15.7 Å². The minimum Gasteiger partial charge on any atom is -0.397 e. The molecule has 0 radical (unpaired) electrons. The first kappa shape index (κ1) is 13.5. The van der Waals surface area contributed by atoms with Crippen LogP contribution in [0.1, 0.15) is 11.1 Å². The van der Waals surface area contributed by atoms with E-state index >= 15 is 0 Å². The van der Waals surface area contributed by atoms with E-state index in [1.807, 2.05) is 0 Å². The molecule has 0 aliphatic carbocycles. The maximum Gasteiger partial charge on any atom is 0.184 e. The van der Waals surface area contributed by atoms with Crippen molar-refractivity contribution < 1.29 is 12.8 Å². The van der Waals surface area contributed by atoms with Crippen LogP contribution in [-0.2, 0) is 15.6 Å². The molecule has 0 heterocycles. The van der Waals surface area contributed by atoms with Gasteiger partial charge in [-0.25, -0.2) is 12.8 Å². The molecular weight excluding hydrogens is 265 g/mol. The van der Waals surface area contributed by atoms with Gasteiger partial charge in [-0.1, -0.05) is 24.3 Å². The molecule has 0 spiro atoms. The van der Waals surface area contributed by atoms with E-state index in [0.29, 0.717) is 5.56 Å². The van der Waals surface area contributed by atoms with Crippen molar-refractivity contribution in [3.63, 3.8) is 0 Å². The van der Waals surface area contributed by atoms with Crippen LogP contribution in [0, 0.1) is 12.7 Å². The van der Waals surface area contributed by atoms with Crippen LogP contribution in [0.3, 0.4) is 0 Å². The molecule has 0 aliphatic rings. The van der Waals surface area contributed by atoms with Gasteiger partial charge in [-0.3, -0.25) is 0 Å². The van der Waals surface area contributed by atoms with E-state index in [9.17, 15) is 12.8 Å². The average molecular weight is 279 g/mol. The molecule has 0 amide bonds. The summed E-state index contributed by atoms with van der Waals surface area (Å²) in [7, 11) is -3.53. The lowest BCUT2D eigenvalue weighted by Crippen LogP contribution is -2.08. The van der Waals surface area contributed by atoms with E-state index in [1.165, 1.54) is 30.3 Å². The van der Waals surface area contributed by atoms with Gasteiger partial charge in [-0.05, 0) is 36.2 Å². The fraction of sp³-hybridized carbons (Fsp3) is 0.143. The molecule has 0 saturated carbocycles. The summed E-state index contributed by atoms with van der Waals surface area (Å²) in [5, 5.41) is 0. The van der Waals surface area contributed by atoms with E-state index in [0.717, 1.165) is 5.56 Å². The highest BCUT2D eigenvalue weighted by Gasteiger charge is 2.19. The molecule has 3 nitrogen and oxygen atoms in total. The third kappa shape index (κ3) is 2.93. The number of benzene rings is 2. The summed E-state index contributed by atoms with van der Waals surface area (Å²) in [5.74, 6) is -0.586. The van der Waals surface area contributed by atoms with Gasteiger partial charge in [0.1, 0.15) is 5.82 Å². The van der Waals surface area contributed by atoms with Crippen molar-refractivity contribution in [3.8, 4) is 0 Å². The molecule has 2 aromatic carbocycles. The second-order valence-electron chi connectivity index (χ2n) is 4.37. The smallest absolute Gasteiger partial charge is 0.184 e. The van der Waals surface area contributed by atoms with Crippen molar-refractivity contribution in [2.24, 2.45) is 0 Å². The zero-order valence-corrected chi connectivity index (χ0v) is 11.2. The summed E-state index contributed by atoms with van der Waals surface area (Å²) in [4.78, 5) is 0.122. The second kappa shape index (κ2) is 5.01. The number of hydrogen-bond acceptors (Lipinski definition) is 3. The minimum atomic E-state index is -3.53. The van der Waals surface area contributed by atoms with Crippen LogP contribution in [0.25, 0.3) is 0 Å². The van der Waals surface area contributed by atoms with Gasteiger partial charge in [0, 0.05) is 0 Å². The van der Waals surface area contributed by atoms with Gasteiger partial charge in [0.2, 0.25) is 0 Å². The summed E-state index contributed by atoms with van der Waals surface area (Å²) >= 11 is 0. The van der Waals surface area contributed by atoms with Gasteiger partial charge in [0.05, 0.1) is 16.3 Å². The Kier molecular flexibility index (Phi) is 3.57. The lowest BCUT2D eigenvalue weighted by Gasteiger charge is -2.09. The monoisotopic (exact) mass is 279 g/mol. The summed E-state index contributed by atoms with van der Waals surface area (Å²) in [6, 6.07) is 10.3. The number of hydrogen-bond donors (Lipinski definition) is 1. The summed E-state index contributed by atoms with van der Waals surface area (Å²) < 4.78 is 37.4. The summed E-state index contributed by atoms with van der Waals surface area (Å²) in [6.07, 6.45) is 0. The molecule has 0 aliphatic heterocycles. The van der Waals surface area contributed by atoms with Gasteiger partial charge in [-0.2, -0.15) is 0 Å². The Morgan fingerprint density at radius 1 is 1.11 bits per heavy atom. The maximum absolute atomic E-state index is 12.8. The summed E-state index contributed by atoms with van der Waals surface area (Å²) in [5.41, 5.74) is 7.33. The van der Waals surface area contributed by atoms with Crippen molar-refractivity contribution in [1.29, 1.82) is 0 Å². The zero-order valence-electron chi connectivity index (χ0n) is 10.4. The predicted octanol–water partition coefficient (Wildman–Crippen LogP) is 2.69. The first-order valence-electron chi connectivity index (χ1n) is 5.72. The topological polar surface area (TPSA) is 60.2 Å². The van der Waals surface area contributed by atoms with E-state index in [4.69, 9.17) is 5.73 Å². The molecular formula is C14H14FNO2S. The van der Waals surface area contributed by atoms with Gasteiger partial charge in [-0.15, -0.1) is 0 Å². The van der Waals surface area contributed by atoms with Gasteiger partial charge >= 0.3 is 0 Å². The molecule has 0 aromatic heterocycles. The van der Waals surface area contributed by atoms with Crippen molar-refractivity contribution in [3.05, 3.63) is 59.4 Å². The first-order chi connectivity index (χ1) is 8.90. The Hall–Kier alpha value is -1.88. The highest BCUT2D eigenvalue weighted by molar-refractivity contribution is 7.90. The SMILES string of the molecule is Cc1cccc(S(=O)(=O)Cc2ccc(F)cc2)c1N. The maximum atomic E-state index is 12.8. The van der Waals surface area contributed by atoms with Crippen LogP contribution in [0.5, 0.6) is 0 Å². The number of halogens is 1.